The third-order valence-electron chi connectivity index (χ3n) is 2.51. The van der Waals surface area contributed by atoms with Gasteiger partial charge in [-0.25, -0.2) is 4.68 Å². The van der Waals surface area contributed by atoms with E-state index >= 15 is 0 Å². The molecular formula is C10H16N2O2S. The lowest BCUT2D eigenvalue weighted by Crippen LogP contribution is -2.34. The van der Waals surface area contributed by atoms with Crippen molar-refractivity contribution in [1.29, 1.82) is 0 Å². The summed E-state index contributed by atoms with van der Waals surface area (Å²) in [5, 5.41) is 2.56. The van der Waals surface area contributed by atoms with Crippen molar-refractivity contribution >= 4 is 12.6 Å². The monoisotopic (exact) mass is 228 g/mol. The Hall–Kier alpha value is -0.970. The van der Waals surface area contributed by atoms with Crippen LogP contribution in [0.5, 0.6) is 0 Å². The van der Waals surface area contributed by atoms with Gasteiger partial charge in [0, 0.05) is 17.7 Å². The standard InChI is InChI=1S/C10H16N2O2S/c1-6(5-15)4-12-10(14)8(3)7(2)9(13)11-12/h6,15H,4-5H2,1-3H3,(H,11,13). The average molecular weight is 228 g/mol. The Kier molecular flexibility index (Phi) is 3.79. The molecule has 0 bridgehead atoms. The zero-order valence-electron chi connectivity index (χ0n) is 9.20. The van der Waals surface area contributed by atoms with Crippen LogP contribution in [0, 0.1) is 19.8 Å². The zero-order chi connectivity index (χ0) is 11.6. The Bertz CT molecular complexity index is 461. The lowest BCUT2D eigenvalue weighted by Gasteiger charge is -2.11. The maximum absolute atomic E-state index is 11.8. The fourth-order valence-electron chi connectivity index (χ4n) is 1.29. The predicted molar refractivity (Wildman–Crippen MR) is 63.8 cm³/mol. The van der Waals surface area contributed by atoms with E-state index in [1.165, 1.54) is 4.68 Å². The Morgan fingerprint density at radius 3 is 2.47 bits per heavy atom. The molecule has 1 atom stereocenters. The van der Waals surface area contributed by atoms with Crippen molar-refractivity contribution in [2.45, 2.75) is 27.3 Å². The summed E-state index contributed by atoms with van der Waals surface area (Å²) in [4.78, 5) is 23.2. The highest BCUT2D eigenvalue weighted by Gasteiger charge is 2.09. The molecule has 0 aliphatic carbocycles. The SMILES string of the molecule is Cc1c(C)c(=O)n(CC(C)CS)[nH]c1=O. The summed E-state index contributed by atoms with van der Waals surface area (Å²) in [6.45, 7) is 5.81. The first-order valence-electron chi connectivity index (χ1n) is 4.88. The maximum Gasteiger partial charge on any atom is 0.268 e. The molecule has 4 nitrogen and oxygen atoms in total. The van der Waals surface area contributed by atoms with Gasteiger partial charge in [-0.3, -0.25) is 14.7 Å². The Labute approximate surface area is 93.7 Å². The van der Waals surface area contributed by atoms with E-state index in [2.05, 4.69) is 17.7 Å². The van der Waals surface area contributed by atoms with Crippen LogP contribution in [0.3, 0.4) is 0 Å². The lowest BCUT2D eigenvalue weighted by molar-refractivity contribution is 0.462. The molecule has 0 aromatic carbocycles. The van der Waals surface area contributed by atoms with Gasteiger partial charge in [0.2, 0.25) is 0 Å². The summed E-state index contributed by atoms with van der Waals surface area (Å²) in [6, 6.07) is 0. The van der Waals surface area contributed by atoms with Crippen LogP contribution in [0.4, 0.5) is 0 Å². The molecule has 0 saturated heterocycles. The van der Waals surface area contributed by atoms with Crippen LogP contribution in [0.15, 0.2) is 9.59 Å². The van der Waals surface area contributed by atoms with Crippen LogP contribution in [-0.2, 0) is 6.54 Å². The second-order valence-corrected chi connectivity index (χ2v) is 4.26. The van der Waals surface area contributed by atoms with Gasteiger partial charge < -0.3 is 0 Å². The van der Waals surface area contributed by atoms with Crippen molar-refractivity contribution in [2.75, 3.05) is 5.75 Å². The first-order chi connectivity index (χ1) is 6.97. The number of hydrogen-bond donors (Lipinski definition) is 2. The topological polar surface area (TPSA) is 54.9 Å². The molecule has 0 saturated carbocycles. The highest BCUT2D eigenvalue weighted by molar-refractivity contribution is 7.80. The second-order valence-electron chi connectivity index (χ2n) is 3.89. The van der Waals surface area contributed by atoms with Crippen molar-refractivity contribution in [2.24, 2.45) is 5.92 Å². The second kappa shape index (κ2) is 4.70. The molecule has 5 heteroatoms. The largest absolute Gasteiger partial charge is 0.268 e. The lowest BCUT2D eigenvalue weighted by atomic mass is 10.2. The number of thiol groups is 1. The molecule has 0 amide bonds. The summed E-state index contributed by atoms with van der Waals surface area (Å²) in [5.74, 6) is 0.935. The van der Waals surface area contributed by atoms with E-state index in [4.69, 9.17) is 0 Å². The summed E-state index contributed by atoms with van der Waals surface area (Å²) in [5.41, 5.74) is 0.694. The molecular weight excluding hydrogens is 212 g/mol. The first kappa shape index (κ1) is 12.1. The maximum atomic E-state index is 11.8. The summed E-state index contributed by atoms with van der Waals surface area (Å²) >= 11 is 4.14. The van der Waals surface area contributed by atoms with E-state index < -0.39 is 0 Å². The molecule has 0 aliphatic rings. The van der Waals surface area contributed by atoms with Gasteiger partial charge in [0.15, 0.2) is 0 Å². The van der Waals surface area contributed by atoms with E-state index in [1.54, 1.807) is 13.8 Å². The third-order valence-corrected chi connectivity index (χ3v) is 3.13. The van der Waals surface area contributed by atoms with Crippen LogP contribution in [0.2, 0.25) is 0 Å². The fraction of sp³-hybridized carbons (Fsp3) is 0.600. The van der Waals surface area contributed by atoms with Gasteiger partial charge in [0.05, 0.1) is 0 Å². The summed E-state index contributed by atoms with van der Waals surface area (Å²) in [7, 11) is 0. The van der Waals surface area contributed by atoms with Crippen molar-refractivity contribution in [3.8, 4) is 0 Å². The molecule has 1 aromatic heterocycles. The first-order valence-corrected chi connectivity index (χ1v) is 5.51. The molecule has 0 spiro atoms. The van der Waals surface area contributed by atoms with E-state index in [0.717, 1.165) is 0 Å². The Balaban J connectivity index is 3.21. The number of aromatic nitrogens is 2. The normalized spacial score (nSPS) is 12.8. The molecule has 0 fully saturated rings. The van der Waals surface area contributed by atoms with Crippen LogP contribution in [0.25, 0.3) is 0 Å². The van der Waals surface area contributed by atoms with Gasteiger partial charge in [-0.15, -0.1) is 0 Å². The molecule has 0 radical (unpaired) electrons. The van der Waals surface area contributed by atoms with Gasteiger partial charge in [0.25, 0.3) is 11.1 Å². The van der Waals surface area contributed by atoms with Crippen molar-refractivity contribution in [3.63, 3.8) is 0 Å². The number of nitrogens with zero attached hydrogens (tertiary/aromatic N) is 1. The zero-order valence-corrected chi connectivity index (χ0v) is 10.1. The minimum atomic E-state index is -0.196. The van der Waals surface area contributed by atoms with Crippen molar-refractivity contribution in [3.05, 3.63) is 31.8 Å². The molecule has 1 N–H and O–H groups in total. The number of rotatable bonds is 3. The smallest absolute Gasteiger partial charge is 0.268 e. The number of aromatic amines is 1. The Morgan fingerprint density at radius 1 is 1.33 bits per heavy atom. The van der Waals surface area contributed by atoms with E-state index in [1.807, 2.05) is 6.92 Å². The van der Waals surface area contributed by atoms with Crippen LogP contribution < -0.4 is 11.1 Å². The number of hydrogen-bond acceptors (Lipinski definition) is 3. The summed E-state index contributed by atoms with van der Waals surface area (Å²) < 4.78 is 1.37. The Morgan fingerprint density at radius 2 is 1.93 bits per heavy atom. The van der Waals surface area contributed by atoms with Gasteiger partial charge >= 0.3 is 0 Å². The van der Waals surface area contributed by atoms with Gasteiger partial charge in [-0.2, -0.15) is 12.6 Å². The van der Waals surface area contributed by atoms with Crippen LogP contribution in [-0.4, -0.2) is 15.5 Å². The van der Waals surface area contributed by atoms with Crippen LogP contribution >= 0.6 is 12.6 Å². The highest BCUT2D eigenvalue weighted by Crippen LogP contribution is 1.99. The van der Waals surface area contributed by atoms with E-state index in [9.17, 15) is 9.59 Å². The van der Waals surface area contributed by atoms with Crippen molar-refractivity contribution < 1.29 is 0 Å². The minimum Gasteiger partial charge on any atom is -0.268 e. The van der Waals surface area contributed by atoms with E-state index in [-0.39, 0.29) is 17.0 Å². The molecule has 15 heavy (non-hydrogen) atoms. The van der Waals surface area contributed by atoms with Gasteiger partial charge in [-0.1, -0.05) is 6.92 Å². The van der Waals surface area contributed by atoms with E-state index in [0.29, 0.717) is 23.4 Å². The number of H-pyrrole nitrogens is 1. The average Bonchev–Trinajstić information content (AvgIpc) is 2.22. The molecule has 84 valence electrons. The number of nitrogens with one attached hydrogen (secondary N) is 1. The highest BCUT2D eigenvalue weighted by atomic mass is 32.1. The molecule has 1 aromatic rings. The van der Waals surface area contributed by atoms with Gasteiger partial charge in [-0.05, 0) is 25.5 Å². The minimum absolute atomic E-state index is 0.124. The van der Waals surface area contributed by atoms with Gasteiger partial charge in [0.1, 0.15) is 0 Å². The molecule has 1 heterocycles. The quantitative estimate of drug-likeness (QED) is 0.749. The van der Waals surface area contributed by atoms with Crippen molar-refractivity contribution in [1.82, 2.24) is 9.78 Å². The molecule has 0 aliphatic heterocycles. The predicted octanol–water partition coefficient (Wildman–Crippen LogP) is 0.719. The summed E-state index contributed by atoms with van der Waals surface area (Å²) in [6.07, 6.45) is 0. The fourth-order valence-corrected chi connectivity index (χ4v) is 1.40. The van der Waals surface area contributed by atoms with Crippen LogP contribution in [0.1, 0.15) is 18.1 Å². The molecule has 1 rings (SSSR count). The molecule has 1 unspecified atom stereocenters. The third kappa shape index (κ3) is 2.53.